The van der Waals surface area contributed by atoms with Gasteiger partial charge in [-0.25, -0.2) is 0 Å². The van der Waals surface area contributed by atoms with Gasteiger partial charge in [0.1, 0.15) is 0 Å². The molecule has 0 rings (SSSR count). The van der Waals surface area contributed by atoms with Gasteiger partial charge in [0.25, 0.3) is 11.9 Å². The van der Waals surface area contributed by atoms with Gasteiger partial charge in [-0.15, -0.1) is 0 Å². The number of ether oxygens (including phenoxy) is 6. The molecule has 6 nitrogen and oxygen atoms in total. The molecule has 0 aliphatic carbocycles. The van der Waals surface area contributed by atoms with E-state index < -0.39 is 11.9 Å². The van der Waals surface area contributed by atoms with E-state index in [9.17, 15) is 0 Å². The number of unbranched alkanes of at least 4 members (excludes halogenated alkanes) is 22. The van der Waals surface area contributed by atoms with Gasteiger partial charge in [-0.05, 0) is 51.4 Å². The molecule has 0 amide bonds. The largest absolute Gasteiger partial charge is 0.327 e. The highest BCUT2D eigenvalue weighted by Gasteiger charge is 2.34. The summed E-state index contributed by atoms with van der Waals surface area (Å²) >= 11 is 0. The summed E-state index contributed by atoms with van der Waals surface area (Å²) in [5, 5.41) is 0. The highest BCUT2D eigenvalue weighted by Crippen LogP contribution is 2.27. The van der Waals surface area contributed by atoms with E-state index in [1.807, 2.05) is 0 Å². The molecule has 0 aromatic heterocycles. The Labute approximate surface area is 319 Å². The number of hydrogen-bond acceptors (Lipinski definition) is 6. The van der Waals surface area contributed by atoms with Gasteiger partial charge in [-0.3, -0.25) is 0 Å². The van der Waals surface area contributed by atoms with E-state index in [0.29, 0.717) is 0 Å². The lowest BCUT2D eigenvalue weighted by molar-refractivity contribution is -0.384. The molecule has 0 saturated heterocycles. The zero-order chi connectivity index (χ0) is 37.4. The lowest BCUT2D eigenvalue weighted by Crippen LogP contribution is -2.40. The molecule has 51 heavy (non-hydrogen) atoms. The van der Waals surface area contributed by atoms with Gasteiger partial charge in [-0.2, -0.15) is 0 Å². The Morgan fingerprint density at radius 2 is 0.373 bits per heavy atom. The van der Waals surface area contributed by atoms with Gasteiger partial charge in [0, 0.05) is 12.8 Å². The molecule has 0 atom stereocenters. The van der Waals surface area contributed by atoms with Crippen LogP contribution < -0.4 is 0 Å². The minimum atomic E-state index is -0.830. The van der Waals surface area contributed by atoms with Crippen molar-refractivity contribution in [2.75, 3.05) is 39.6 Å². The maximum Gasteiger partial charge on any atom is 0.282 e. The molecule has 0 N–H and O–H groups in total. The first-order valence-corrected chi connectivity index (χ1v) is 22.9. The Kier molecular flexibility index (Phi) is 39.3. The van der Waals surface area contributed by atoms with Crippen molar-refractivity contribution in [3.8, 4) is 0 Å². The van der Waals surface area contributed by atoms with Crippen molar-refractivity contribution in [1.29, 1.82) is 0 Å². The summed E-state index contributed by atoms with van der Waals surface area (Å²) in [5.74, 6) is -1.66. The molecule has 308 valence electrons. The van der Waals surface area contributed by atoms with Crippen LogP contribution in [0.2, 0.25) is 0 Å². The van der Waals surface area contributed by atoms with Crippen molar-refractivity contribution in [2.45, 2.75) is 253 Å². The van der Waals surface area contributed by atoms with Crippen molar-refractivity contribution in [3.63, 3.8) is 0 Å². The smallest absolute Gasteiger partial charge is 0.282 e. The summed E-state index contributed by atoms with van der Waals surface area (Å²) in [6.07, 6.45) is 37.4. The van der Waals surface area contributed by atoms with Gasteiger partial charge in [0.05, 0.1) is 39.6 Å². The predicted molar refractivity (Wildman–Crippen MR) is 218 cm³/mol. The standard InChI is InChI=1S/C45H92O6/c1-7-13-38-46-44(47-39-14-8-2,48-40-15-9-3)36-34-32-30-28-26-24-22-20-19-21-23-25-27-29-31-33-35-37-45(49-41-16-10-4,50-42-17-11-5)51-43-18-12-6/h7-43H2,1-6H3. The lowest BCUT2D eigenvalue weighted by atomic mass is 10.0. The fraction of sp³-hybridized carbons (Fsp3) is 1.00. The predicted octanol–water partition coefficient (Wildman–Crippen LogP) is 14.6. The van der Waals surface area contributed by atoms with E-state index >= 15 is 0 Å². The monoisotopic (exact) mass is 729 g/mol. The second-order valence-electron chi connectivity index (χ2n) is 15.1. The average molecular weight is 729 g/mol. The van der Waals surface area contributed by atoms with Gasteiger partial charge in [0.2, 0.25) is 0 Å². The molecule has 0 radical (unpaired) electrons. The number of rotatable bonds is 44. The van der Waals surface area contributed by atoms with Crippen LogP contribution in [0, 0.1) is 0 Å². The molecular formula is C45H92O6. The summed E-state index contributed by atoms with van der Waals surface area (Å²) in [5.41, 5.74) is 0. The normalized spacial score (nSPS) is 12.4. The third-order valence-electron chi connectivity index (χ3n) is 9.89. The van der Waals surface area contributed by atoms with Crippen molar-refractivity contribution < 1.29 is 28.4 Å². The zero-order valence-corrected chi connectivity index (χ0v) is 35.6. The van der Waals surface area contributed by atoms with E-state index in [2.05, 4.69) is 41.5 Å². The zero-order valence-electron chi connectivity index (χ0n) is 35.6. The van der Waals surface area contributed by atoms with Crippen molar-refractivity contribution >= 4 is 0 Å². The van der Waals surface area contributed by atoms with Gasteiger partial charge >= 0.3 is 0 Å². The van der Waals surface area contributed by atoms with E-state index in [1.54, 1.807) is 0 Å². The molecule has 0 heterocycles. The molecule has 0 aliphatic heterocycles. The summed E-state index contributed by atoms with van der Waals surface area (Å²) in [6.45, 7) is 17.6. The third-order valence-corrected chi connectivity index (χ3v) is 9.89. The Morgan fingerprint density at radius 1 is 0.216 bits per heavy atom. The maximum absolute atomic E-state index is 6.29. The number of hydrogen-bond donors (Lipinski definition) is 0. The van der Waals surface area contributed by atoms with Gasteiger partial charge in [0.15, 0.2) is 0 Å². The Balaban J connectivity index is 4.02. The summed E-state index contributed by atoms with van der Waals surface area (Å²) < 4.78 is 37.7. The maximum atomic E-state index is 6.29. The van der Waals surface area contributed by atoms with E-state index in [-0.39, 0.29) is 0 Å². The van der Waals surface area contributed by atoms with Crippen molar-refractivity contribution in [2.24, 2.45) is 0 Å². The van der Waals surface area contributed by atoms with Crippen LogP contribution in [0.15, 0.2) is 0 Å². The quantitative estimate of drug-likeness (QED) is 0.0460. The minimum Gasteiger partial charge on any atom is -0.327 e. The highest BCUT2D eigenvalue weighted by molar-refractivity contribution is 4.63. The molecule has 6 heteroatoms. The van der Waals surface area contributed by atoms with Crippen LogP contribution in [-0.2, 0) is 28.4 Å². The van der Waals surface area contributed by atoms with Crippen LogP contribution in [0.1, 0.15) is 241 Å². The Morgan fingerprint density at radius 3 is 0.529 bits per heavy atom. The molecule has 0 saturated carbocycles. The summed E-state index contributed by atoms with van der Waals surface area (Å²) in [7, 11) is 0. The van der Waals surface area contributed by atoms with E-state index in [0.717, 1.165) is 142 Å². The van der Waals surface area contributed by atoms with Gasteiger partial charge < -0.3 is 28.4 Å². The van der Waals surface area contributed by atoms with Crippen LogP contribution in [0.5, 0.6) is 0 Å². The summed E-state index contributed by atoms with van der Waals surface area (Å²) in [4.78, 5) is 0. The van der Waals surface area contributed by atoms with Crippen LogP contribution in [0.25, 0.3) is 0 Å². The fourth-order valence-corrected chi connectivity index (χ4v) is 6.25. The summed E-state index contributed by atoms with van der Waals surface area (Å²) in [6, 6.07) is 0. The van der Waals surface area contributed by atoms with E-state index in [4.69, 9.17) is 28.4 Å². The van der Waals surface area contributed by atoms with Gasteiger partial charge in [-0.1, -0.05) is 176 Å². The molecular weight excluding hydrogens is 636 g/mol. The topological polar surface area (TPSA) is 55.4 Å². The first kappa shape index (κ1) is 50.8. The lowest BCUT2D eigenvalue weighted by Gasteiger charge is -2.33. The highest BCUT2D eigenvalue weighted by atomic mass is 16.9. The molecule has 0 aromatic rings. The SMILES string of the molecule is CCCCOC(CCCCCCCCCCCCCCCCCCCC(OCCCC)(OCCCC)OCCCC)(OCCCC)OCCCC. The molecule has 0 unspecified atom stereocenters. The molecule has 0 aromatic carbocycles. The Hall–Kier alpha value is -0.240. The van der Waals surface area contributed by atoms with Crippen LogP contribution in [-0.4, -0.2) is 51.6 Å². The first-order valence-electron chi connectivity index (χ1n) is 22.9. The van der Waals surface area contributed by atoms with Crippen LogP contribution in [0.4, 0.5) is 0 Å². The van der Waals surface area contributed by atoms with Crippen LogP contribution in [0.3, 0.4) is 0 Å². The second-order valence-corrected chi connectivity index (χ2v) is 15.1. The van der Waals surface area contributed by atoms with Crippen molar-refractivity contribution in [3.05, 3.63) is 0 Å². The third kappa shape index (κ3) is 31.8. The van der Waals surface area contributed by atoms with Crippen molar-refractivity contribution in [1.82, 2.24) is 0 Å². The molecule has 0 bridgehead atoms. The average Bonchev–Trinajstić information content (AvgIpc) is 3.13. The Bertz CT molecular complexity index is 552. The van der Waals surface area contributed by atoms with E-state index in [1.165, 1.54) is 96.3 Å². The fourth-order valence-electron chi connectivity index (χ4n) is 6.25. The molecule has 0 aliphatic rings. The molecule has 0 fully saturated rings. The minimum absolute atomic E-state index is 0.719. The first-order chi connectivity index (χ1) is 25.1. The molecule has 0 spiro atoms. The second kappa shape index (κ2) is 39.5. The van der Waals surface area contributed by atoms with Crippen LogP contribution >= 0.6 is 0 Å².